The maximum Gasteiger partial charge on any atom is 0.186 e. The number of hydrogen-bond donors (Lipinski definition) is 1. The fourth-order valence-corrected chi connectivity index (χ4v) is 3.45. The second-order valence-electron chi connectivity index (χ2n) is 4.68. The number of thiazole rings is 1. The number of nitrogens with zero attached hydrogens (tertiary/aromatic N) is 3. The Morgan fingerprint density at radius 1 is 1.47 bits per heavy atom. The number of aryl methyl sites for hydroxylation is 1. The molecule has 0 bridgehead atoms. The van der Waals surface area contributed by atoms with Crippen molar-refractivity contribution in [2.24, 2.45) is 0 Å². The molecule has 96 valence electrons. The summed E-state index contributed by atoms with van der Waals surface area (Å²) >= 11 is 1.64. The molecular weight excluding hydrogens is 234 g/mol. The minimum absolute atomic E-state index is 0.114. The van der Waals surface area contributed by atoms with E-state index in [0.29, 0.717) is 6.04 Å². The van der Waals surface area contributed by atoms with Crippen LogP contribution in [-0.4, -0.2) is 47.7 Å². The SMILES string of the molecule is CCc1nc(N2CCN(C)CC2C)sc1CO. The van der Waals surface area contributed by atoms with Gasteiger partial charge in [-0.3, -0.25) is 0 Å². The van der Waals surface area contributed by atoms with Crippen LogP contribution in [0.1, 0.15) is 24.4 Å². The van der Waals surface area contributed by atoms with Gasteiger partial charge in [0, 0.05) is 25.7 Å². The molecule has 0 aliphatic carbocycles. The lowest BCUT2D eigenvalue weighted by molar-refractivity contribution is 0.275. The van der Waals surface area contributed by atoms with Crippen molar-refractivity contribution in [3.05, 3.63) is 10.6 Å². The highest BCUT2D eigenvalue weighted by Crippen LogP contribution is 2.29. The van der Waals surface area contributed by atoms with Gasteiger partial charge in [-0.2, -0.15) is 0 Å². The molecule has 0 spiro atoms. The van der Waals surface area contributed by atoms with Crippen molar-refractivity contribution >= 4 is 16.5 Å². The summed E-state index contributed by atoms with van der Waals surface area (Å²) in [4.78, 5) is 10.4. The van der Waals surface area contributed by atoms with Crippen LogP contribution in [0.4, 0.5) is 5.13 Å². The molecule has 1 unspecified atom stereocenters. The molecular formula is C12H21N3OS. The third-order valence-corrected chi connectivity index (χ3v) is 4.44. The first kappa shape index (κ1) is 12.8. The molecule has 1 atom stereocenters. The third kappa shape index (κ3) is 2.61. The third-order valence-electron chi connectivity index (χ3n) is 3.32. The molecule has 17 heavy (non-hydrogen) atoms. The summed E-state index contributed by atoms with van der Waals surface area (Å²) in [6.07, 6.45) is 0.897. The van der Waals surface area contributed by atoms with Crippen LogP contribution in [0.25, 0.3) is 0 Å². The van der Waals surface area contributed by atoms with Crippen LogP contribution in [0.3, 0.4) is 0 Å². The topological polar surface area (TPSA) is 39.6 Å². The summed E-state index contributed by atoms with van der Waals surface area (Å²) in [5.74, 6) is 0. The molecule has 0 saturated carbocycles. The average Bonchev–Trinajstić information content (AvgIpc) is 2.72. The maximum atomic E-state index is 9.31. The van der Waals surface area contributed by atoms with Crippen molar-refractivity contribution in [2.75, 3.05) is 31.6 Å². The van der Waals surface area contributed by atoms with Crippen LogP contribution in [0.15, 0.2) is 0 Å². The zero-order chi connectivity index (χ0) is 12.4. The van der Waals surface area contributed by atoms with E-state index in [1.165, 1.54) is 0 Å². The molecule has 1 aliphatic heterocycles. The molecule has 5 heteroatoms. The van der Waals surface area contributed by atoms with Gasteiger partial charge in [0.2, 0.25) is 0 Å². The number of likely N-dealkylation sites (N-methyl/N-ethyl adjacent to an activating group) is 1. The highest BCUT2D eigenvalue weighted by atomic mass is 32.1. The fraction of sp³-hybridized carbons (Fsp3) is 0.750. The highest BCUT2D eigenvalue weighted by molar-refractivity contribution is 7.15. The summed E-state index contributed by atoms with van der Waals surface area (Å²) in [7, 11) is 2.16. The van der Waals surface area contributed by atoms with Gasteiger partial charge in [0.25, 0.3) is 0 Å². The van der Waals surface area contributed by atoms with Crippen molar-refractivity contribution in [3.8, 4) is 0 Å². The van der Waals surface area contributed by atoms with E-state index in [1.54, 1.807) is 11.3 Å². The Hall–Kier alpha value is -0.650. The smallest absolute Gasteiger partial charge is 0.186 e. The average molecular weight is 255 g/mol. The van der Waals surface area contributed by atoms with Crippen LogP contribution in [0.2, 0.25) is 0 Å². The molecule has 1 fully saturated rings. The van der Waals surface area contributed by atoms with E-state index in [9.17, 15) is 5.11 Å². The molecule has 0 amide bonds. The predicted molar refractivity (Wildman–Crippen MR) is 71.7 cm³/mol. The normalized spacial score (nSPS) is 22.1. The first-order valence-electron chi connectivity index (χ1n) is 6.20. The van der Waals surface area contributed by atoms with Gasteiger partial charge >= 0.3 is 0 Å². The fourth-order valence-electron chi connectivity index (χ4n) is 2.32. The Morgan fingerprint density at radius 3 is 2.76 bits per heavy atom. The number of aromatic nitrogens is 1. The number of piperazine rings is 1. The second-order valence-corrected chi connectivity index (χ2v) is 5.74. The lowest BCUT2D eigenvalue weighted by atomic mass is 10.2. The number of aliphatic hydroxyl groups is 1. The Bertz CT molecular complexity index is 358. The molecule has 0 aromatic carbocycles. The molecule has 1 aromatic rings. The Balaban J connectivity index is 2.19. The summed E-state index contributed by atoms with van der Waals surface area (Å²) in [5.41, 5.74) is 1.05. The monoisotopic (exact) mass is 255 g/mol. The van der Waals surface area contributed by atoms with E-state index in [0.717, 1.165) is 41.8 Å². The molecule has 1 aliphatic rings. The van der Waals surface area contributed by atoms with Crippen LogP contribution in [0.5, 0.6) is 0 Å². The van der Waals surface area contributed by atoms with Crippen LogP contribution in [-0.2, 0) is 13.0 Å². The van der Waals surface area contributed by atoms with Crippen molar-refractivity contribution in [2.45, 2.75) is 32.9 Å². The van der Waals surface area contributed by atoms with Gasteiger partial charge in [-0.05, 0) is 20.4 Å². The Morgan fingerprint density at radius 2 is 2.24 bits per heavy atom. The Labute approximate surface area is 107 Å². The van der Waals surface area contributed by atoms with Crippen molar-refractivity contribution in [1.29, 1.82) is 0 Å². The highest BCUT2D eigenvalue weighted by Gasteiger charge is 2.24. The molecule has 0 radical (unpaired) electrons. The number of anilines is 1. The van der Waals surface area contributed by atoms with E-state index >= 15 is 0 Å². The van der Waals surface area contributed by atoms with Gasteiger partial charge in [0.05, 0.1) is 17.2 Å². The van der Waals surface area contributed by atoms with Crippen molar-refractivity contribution < 1.29 is 5.11 Å². The minimum Gasteiger partial charge on any atom is -0.391 e. The second kappa shape index (κ2) is 5.33. The van der Waals surface area contributed by atoms with E-state index in [1.807, 2.05) is 0 Å². The van der Waals surface area contributed by atoms with Gasteiger partial charge < -0.3 is 14.9 Å². The largest absolute Gasteiger partial charge is 0.391 e. The van der Waals surface area contributed by atoms with E-state index in [-0.39, 0.29) is 6.61 Å². The maximum absolute atomic E-state index is 9.31. The van der Waals surface area contributed by atoms with Gasteiger partial charge in [0.1, 0.15) is 0 Å². The standard InChI is InChI=1S/C12H21N3OS/c1-4-10-11(8-16)17-12(13-10)15-6-5-14(3)7-9(15)2/h9,16H,4-8H2,1-3H3. The number of hydrogen-bond acceptors (Lipinski definition) is 5. The summed E-state index contributed by atoms with van der Waals surface area (Å²) in [6, 6.07) is 0.496. The minimum atomic E-state index is 0.114. The van der Waals surface area contributed by atoms with Gasteiger partial charge in [-0.25, -0.2) is 4.98 Å². The quantitative estimate of drug-likeness (QED) is 0.885. The van der Waals surface area contributed by atoms with E-state index in [4.69, 9.17) is 0 Å². The predicted octanol–water partition coefficient (Wildman–Crippen LogP) is 1.34. The van der Waals surface area contributed by atoms with Crippen LogP contribution >= 0.6 is 11.3 Å². The van der Waals surface area contributed by atoms with Crippen molar-refractivity contribution in [3.63, 3.8) is 0 Å². The first-order chi connectivity index (χ1) is 8.15. The molecule has 1 aromatic heterocycles. The first-order valence-corrected chi connectivity index (χ1v) is 7.02. The molecule has 2 rings (SSSR count). The van der Waals surface area contributed by atoms with E-state index in [2.05, 4.69) is 35.7 Å². The number of aliphatic hydroxyl groups excluding tert-OH is 1. The summed E-state index contributed by atoms with van der Waals surface area (Å²) in [5, 5.41) is 10.4. The molecule has 1 saturated heterocycles. The van der Waals surface area contributed by atoms with Crippen LogP contribution in [0, 0.1) is 0 Å². The van der Waals surface area contributed by atoms with Crippen LogP contribution < -0.4 is 4.90 Å². The zero-order valence-electron chi connectivity index (χ0n) is 10.8. The molecule has 1 N–H and O–H groups in total. The summed E-state index contributed by atoms with van der Waals surface area (Å²) < 4.78 is 0. The lowest BCUT2D eigenvalue weighted by Crippen LogP contribution is -2.50. The lowest BCUT2D eigenvalue weighted by Gasteiger charge is -2.38. The van der Waals surface area contributed by atoms with Crippen molar-refractivity contribution in [1.82, 2.24) is 9.88 Å². The molecule has 2 heterocycles. The molecule has 4 nitrogen and oxygen atoms in total. The summed E-state index contributed by atoms with van der Waals surface area (Å²) in [6.45, 7) is 7.63. The van der Waals surface area contributed by atoms with Gasteiger partial charge in [0.15, 0.2) is 5.13 Å². The van der Waals surface area contributed by atoms with Gasteiger partial charge in [-0.1, -0.05) is 18.3 Å². The van der Waals surface area contributed by atoms with E-state index < -0.39 is 0 Å². The zero-order valence-corrected chi connectivity index (χ0v) is 11.6. The Kier molecular flexibility index (Phi) is 4.01. The number of rotatable bonds is 3. The van der Waals surface area contributed by atoms with Gasteiger partial charge in [-0.15, -0.1) is 0 Å².